The van der Waals surface area contributed by atoms with Crippen LogP contribution in [-0.2, 0) is 28.6 Å². The van der Waals surface area contributed by atoms with E-state index in [1.807, 2.05) is 0 Å². The van der Waals surface area contributed by atoms with E-state index in [9.17, 15) is 14.4 Å². The van der Waals surface area contributed by atoms with Gasteiger partial charge in [0, 0.05) is 19.3 Å². The topological polar surface area (TPSA) is 78.9 Å². The Balaban J connectivity index is 4.28. The van der Waals surface area contributed by atoms with Crippen molar-refractivity contribution in [2.45, 2.75) is 310 Å². The maximum atomic E-state index is 12.8. The largest absolute Gasteiger partial charge is 0.462 e. The molecule has 61 heavy (non-hydrogen) atoms. The molecular weight excluding hydrogens is 757 g/mol. The minimum absolute atomic E-state index is 0.0632. The van der Waals surface area contributed by atoms with Gasteiger partial charge in [-0.25, -0.2) is 0 Å². The van der Waals surface area contributed by atoms with E-state index < -0.39 is 6.10 Å². The number of rotatable bonds is 49. The normalized spacial score (nSPS) is 12.5. The summed E-state index contributed by atoms with van der Waals surface area (Å²) < 4.78 is 16.8. The predicted molar refractivity (Wildman–Crippen MR) is 261 cm³/mol. The standard InChI is InChI=1S/C55H106O6/c1-6-8-9-10-11-12-13-19-27-32-37-42-47-55(58)61-52(49-60-54(57)46-41-36-31-26-22-21-23-28-33-38-43-50(3)4)48-59-53(56)45-40-35-30-25-20-17-15-14-16-18-24-29-34-39-44-51(5)7-2/h50-52H,6-49H2,1-5H3/t51?,52-/m0/s1. The van der Waals surface area contributed by atoms with E-state index in [2.05, 4.69) is 34.6 Å². The summed E-state index contributed by atoms with van der Waals surface area (Å²) in [6.07, 6.45) is 49.4. The van der Waals surface area contributed by atoms with Crippen molar-refractivity contribution in [3.05, 3.63) is 0 Å². The lowest BCUT2D eigenvalue weighted by atomic mass is 9.99. The zero-order valence-electron chi connectivity index (χ0n) is 41.8. The summed E-state index contributed by atoms with van der Waals surface area (Å²) in [5, 5.41) is 0. The fourth-order valence-electron chi connectivity index (χ4n) is 8.31. The predicted octanol–water partition coefficient (Wildman–Crippen LogP) is 17.7. The molecule has 0 heterocycles. The van der Waals surface area contributed by atoms with Crippen LogP contribution in [-0.4, -0.2) is 37.2 Å². The van der Waals surface area contributed by atoms with Crippen LogP contribution in [0.5, 0.6) is 0 Å². The van der Waals surface area contributed by atoms with Gasteiger partial charge in [-0.3, -0.25) is 14.4 Å². The second-order valence-corrected chi connectivity index (χ2v) is 19.6. The summed E-state index contributed by atoms with van der Waals surface area (Å²) in [5.41, 5.74) is 0. The Bertz CT molecular complexity index is 933. The fourth-order valence-corrected chi connectivity index (χ4v) is 8.31. The van der Waals surface area contributed by atoms with Gasteiger partial charge in [0.15, 0.2) is 6.10 Å². The van der Waals surface area contributed by atoms with Crippen LogP contribution in [0.25, 0.3) is 0 Å². The van der Waals surface area contributed by atoms with Gasteiger partial charge in [-0.2, -0.15) is 0 Å². The summed E-state index contributed by atoms with van der Waals surface area (Å²) >= 11 is 0. The second kappa shape index (κ2) is 47.9. The van der Waals surface area contributed by atoms with Crippen molar-refractivity contribution >= 4 is 17.9 Å². The summed E-state index contributed by atoms with van der Waals surface area (Å²) in [4.78, 5) is 38.0. The van der Waals surface area contributed by atoms with E-state index in [1.165, 1.54) is 193 Å². The van der Waals surface area contributed by atoms with E-state index >= 15 is 0 Å². The smallest absolute Gasteiger partial charge is 0.306 e. The Morgan fingerprint density at radius 1 is 0.344 bits per heavy atom. The van der Waals surface area contributed by atoms with Gasteiger partial charge in [-0.05, 0) is 31.1 Å². The van der Waals surface area contributed by atoms with Crippen LogP contribution in [0.2, 0.25) is 0 Å². The first-order valence-corrected chi connectivity index (χ1v) is 27.3. The van der Waals surface area contributed by atoms with Gasteiger partial charge in [0.05, 0.1) is 0 Å². The number of unbranched alkanes of at least 4 members (excludes halogenated alkanes) is 33. The molecule has 0 bridgehead atoms. The molecule has 0 spiro atoms. The Kier molecular flexibility index (Phi) is 46.6. The monoisotopic (exact) mass is 863 g/mol. The summed E-state index contributed by atoms with van der Waals surface area (Å²) in [5.74, 6) is 0.870. The average Bonchev–Trinajstić information content (AvgIpc) is 3.24. The molecule has 6 nitrogen and oxygen atoms in total. The number of ether oxygens (including phenoxy) is 3. The third-order valence-electron chi connectivity index (χ3n) is 12.8. The van der Waals surface area contributed by atoms with Crippen LogP contribution in [0.1, 0.15) is 304 Å². The summed E-state index contributed by atoms with van der Waals surface area (Å²) in [6.45, 7) is 11.4. The molecular formula is C55H106O6. The van der Waals surface area contributed by atoms with Crippen LogP contribution >= 0.6 is 0 Å². The molecule has 0 aliphatic heterocycles. The third kappa shape index (κ3) is 47.7. The van der Waals surface area contributed by atoms with Crippen molar-refractivity contribution < 1.29 is 28.6 Å². The van der Waals surface area contributed by atoms with E-state index in [0.29, 0.717) is 19.3 Å². The van der Waals surface area contributed by atoms with E-state index in [-0.39, 0.29) is 31.1 Å². The molecule has 0 saturated heterocycles. The van der Waals surface area contributed by atoms with Crippen molar-refractivity contribution in [1.29, 1.82) is 0 Å². The first-order valence-electron chi connectivity index (χ1n) is 27.3. The van der Waals surface area contributed by atoms with Crippen molar-refractivity contribution in [1.82, 2.24) is 0 Å². The van der Waals surface area contributed by atoms with Crippen molar-refractivity contribution in [2.75, 3.05) is 13.2 Å². The number of hydrogen-bond acceptors (Lipinski definition) is 6. The van der Waals surface area contributed by atoms with E-state index in [0.717, 1.165) is 69.6 Å². The highest BCUT2D eigenvalue weighted by atomic mass is 16.6. The highest BCUT2D eigenvalue weighted by Crippen LogP contribution is 2.18. The molecule has 6 heteroatoms. The van der Waals surface area contributed by atoms with Crippen LogP contribution < -0.4 is 0 Å². The maximum absolute atomic E-state index is 12.8. The summed E-state index contributed by atoms with van der Waals surface area (Å²) in [7, 11) is 0. The lowest BCUT2D eigenvalue weighted by Gasteiger charge is -2.18. The van der Waals surface area contributed by atoms with Crippen molar-refractivity contribution in [3.63, 3.8) is 0 Å². The molecule has 0 saturated carbocycles. The number of carbonyl (C=O) groups is 3. The first-order chi connectivity index (χ1) is 29.8. The molecule has 2 atom stereocenters. The Morgan fingerprint density at radius 3 is 0.934 bits per heavy atom. The van der Waals surface area contributed by atoms with Crippen LogP contribution in [0.3, 0.4) is 0 Å². The SMILES string of the molecule is CCCCCCCCCCCCCCC(=O)O[C@@H](COC(=O)CCCCCCCCCCCCCCCCC(C)CC)COC(=O)CCCCCCCCCCCCC(C)C. The van der Waals surface area contributed by atoms with Crippen molar-refractivity contribution in [2.24, 2.45) is 11.8 Å². The van der Waals surface area contributed by atoms with Gasteiger partial charge in [-0.1, -0.05) is 266 Å². The summed E-state index contributed by atoms with van der Waals surface area (Å²) in [6, 6.07) is 0. The molecule has 0 aliphatic rings. The third-order valence-corrected chi connectivity index (χ3v) is 12.8. The van der Waals surface area contributed by atoms with Gasteiger partial charge >= 0.3 is 17.9 Å². The van der Waals surface area contributed by atoms with Gasteiger partial charge in [0.1, 0.15) is 13.2 Å². The molecule has 0 aromatic carbocycles. The molecule has 0 rings (SSSR count). The van der Waals surface area contributed by atoms with Crippen molar-refractivity contribution in [3.8, 4) is 0 Å². The molecule has 362 valence electrons. The molecule has 0 amide bonds. The fraction of sp³-hybridized carbons (Fsp3) is 0.945. The van der Waals surface area contributed by atoms with Crippen LogP contribution in [0.15, 0.2) is 0 Å². The lowest BCUT2D eigenvalue weighted by Crippen LogP contribution is -2.30. The molecule has 1 unspecified atom stereocenters. The maximum Gasteiger partial charge on any atom is 0.306 e. The zero-order chi connectivity index (χ0) is 44.7. The quantitative estimate of drug-likeness (QED) is 0.0344. The van der Waals surface area contributed by atoms with E-state index in [4.69, 9.17) is 14.2 Å². The zero-order valence-corrected chi connectivity index (χ0v) is 41.8. The van der Waals surface area contributed by atoms with Crippen LogP contribution in [0.4, 0.5) is 0 Å². The molecule has 0 aromatic heterocycles. The van der Waals surface area contributed by atoms with Crippen LogP contribution in [0, 0.1) is 11.8 Å². The molecule has 0 fully saturated rings. The number of esters is 3. The Hall–Kier alpha value is -1.59. The molecule has 0 aromatic rings. The molecule has 0 aliphatic carbocycles. The lowest BCUT2D eigenvalue weighted by molar-refractivity contribution is -0.167. The van der Waals surface area contributed by atoms with Gasteiger partial charge in [0.25, 0.3) is 0 Å². The minimum Gasteiger partial charge on any atom is -0.462 e. The first kappa shape index (κ1) is 59.4. The van der Waals surface area contributed by atoms with Gasteiger partial charge in [0.2, 0.25) is 0 Å². The number of hydrogen-bond donors (Lipinski definition) is 0. The second-order valence-electron chi connectivity index (χ2n) is 19.6. The Morgan fingerprint density at radius 2 is 0.623 bits per heavy atom. The minimum atomic E-state index is -0.762. The Labute approximate surface area is 380 Å². The van der Waals surface area contributed by atoms with E-state index in [1.54, 1.807) is 0 Å². The van der Waals surface area contributed by atoms with Gasteiger partial charge < -0.3 is 14.2 Å². The molecule has 0 radical (unpaired) electrons. The average molecular weight is 863 g/mol. The highest BCUT2D eigenvalue weighted by Gasteiger charge is 2.19. The van der Waals surface area contributed by atoms with Gasteiger partial charge in [-0.15, -0.1) is 0 Å². The highest BCUT2D eigenvalue weighted by molar-refractivity contribution is 5.71. The number of carbonyl (C=O) groups excluding carboxylic acids is 3. The molecule has 0 N–H and O–H groups in total.